The van der Waals surface area contributed by atoms with Crippen LogP contribution in [-0.4, -0.2) is 53.2 Å². The number of hydrogen-bond donors (Lipinski definition) is 4. The quantitative estimate of drug-likeness (QED) is 0.286. The van der Waals surface area contributed by atoms with Gasteiger partial charge in [0, 0.05) is 54.8 Å². The van der Waals surface area contributed by atoms with Crippen LogP contribution in [0.25, 0.3) is 0 Å². The van der Waals surface area contributed by atoms with E-state index < -0.39 is 15.8 Å². The van der Waals surface area contributed by atoms with E-state index in [-0.39, 0.29) is 49.1 Å². The Morgan fingerprint density at radius 1 is 1.10 bits per heavy atom. The van der Waals surface area contributed by atoms with E-state index in [0.29, 0.717) is 36.0 Å². The van der Waals surface area contributed by atoms with Crippen LogP contribution in [0.15, 0.2) is 36.4 Å². The molecule has 4 N–H and O–H groups in total. The molecule has 0 radical (unpaired) electrons. The summed E-state index contributed by atoms with van der Waals surface area (Å²) < 4.78 is 53.6. The standard InChI is InChI=1S/C27H33F2N7O3S/c1-16(17-5-7-21(28)8-6-17)31-25-20(15-30-27(37)19-9-11-36(12-10-19)40(2,38)39)13-22(29)26(33-25)32-24-14-23(34-35-24)18-3-4-18/h5-8,13-14,16,18-19H,3-4,9-12,15H2,1-2H3,(H,30,37)(H3,31,32,33,34,35). The van der Waals surface area contributed by atoms with Crippen LogP contribution in [0.1, 0.15) is 61.4 Å². The SMILES string of the molecule is CC(Nc1nc(Nc2cc(C3CC3)[nH]n2)c(F)cc1CNC(=O)C1CCN(S(C)(=O)=O)CC1)c1ccc(F)cc1. The molecule has 1 saturated carbocycles. The maximum absolute atomic E-state index is 15.2. The third kappa shape index (κ3) is 6.76. The van der Waals surface area contributed by atoms with Gasteiger partial charge in [-0.15, -0.1) is 0 Å². The highest BCUT2D eigenvalue weighted by molar-refractivity contribution is 7.88. The van der Waals surface area contributed by atoms with Gasteiger partial charge in [0.05, 0.1) is 6.26 Å². The summed E-state index contributed by atoms with van der Waals surface area (Å²) in [5, 5.41) is 16.3. The van der Waals surface area contributed by atoms with Crippen LogP contribution in [0, 0.1) is 17.6 Å². The van der Waals surface area contributed by atoms with E-state index in [9.17, 15) is 17.6 Å². The number of nitrogens with one attached hydrogen (secondary N) is 4. The smallest absolute Gasteiger partial charge is 0.223 e. The maximum atomic E-state index is 15.2. The molecular formula is C27H33F2N7O3S. The summed E-state index contributed by atoms with van der Waals surface area (Å²) in [6, 6.07) is 8.90. The molecule has 3 heterocycles. The topological polar surface area (TPSA) is 132 Å². The van der Waals surface area contributed by atoms with Crippen LogP contribution in [0.5, 0.6) is 0 Å². The lowest BCUT2D eigenvalue weighted by Gasteiger charge is -2.29. The number of carbonyl (C=O) groups excluding carboxylic acids is 1. The van der Waals surface area contributed by atoms with Crippen LogP contribution in [-0.2, 0) is 21.4 Å². The third-order valence-corrected chi connectivity index (χ3v) is 8.69. The lowest BCUT2D eigenvalue weighted by molar-refractivity contribution is -0.126. The minimum Gasteiger partial charge on any atom is -0.363 e. The van der Waals surface area contributed by atoms with Crippen molar-refractivity contribution in [3.63, 3.8) is 0 Å². The minimum absolute atomic E-state index is 0.0159. The van der Waals surface area contributed by atoms with Crippen LogP contribution >= 0.6 is 0 Å². The van der Waals surface area contributed by atoms with E-state index in [1.807, 2.05) is 13.0 Å². The molecule has 0 spiro atoms. The molecule has 13 heteroatoms. The van der Waals surface area contributed by atoms with Crippen molar-refractivity contribution in [3.05, 3.63) is 64.9 Å². The molecule has 3 aromatic rings. The number of sulfonamides is 1. The van der Waals surface area contributed by atoms with Crippen molar-refractivity contribution in [2.45, 2.75) is 51.1 Å². The van der Waals surface area contributed by atoms with Gasteiger partial charge in [-0.2, -0.15) is 5.10 Å². The molecule has 1 saturated heterocycles. The Hall–Kier alpha value is -3.58. The largest absolute Gasteiger partial charge is 0.363 e. The molecule has 1 amide bonds. The summed E-state index contributed by atoms with van der Waals surface area (Å²) >= 11 is 0. The number of aromatic amines is 1. The Morgan fingerprint density at radius 3 is 2.45 bits per heavy atom. The normalized spacial score (nSPS) is 17.4. The number of halogens is 2. The zero-order valence-electron chi connectivity index (χ0n) is 22.4. The Morgan fingerprint density at radius 2 is 1.80 bits per heavy atom. The van der Waals surface area contributed by atoms with Gasteiger partial charge >= 0.3 is 0 Å². The van der Waals surface area contributed by atoms with E-state index in [1.54, 1.807) is 12.1 Å². The summed E-state index contributed by atoms with van der Waals surface area (Å²) in [4.78, 5) is 17.4. The summed E-state index contributed by atoms with van der Waals surface area (Å²) in [7, 11) is -3.29. The lowest BCUT2D eigenvalue weighted by Crippen LogP contribution is -2.42. The summed E-state index contributed by atoms with van der Waals surface area (Å²) in [5.74, 6) is -0.285. The van der Waals surface area contributed by atoms with Gasteiger partial charge in [-0.25, -0.2) is 26.5 Å². The molecule has 1 atom stereocenters. The van der Waals surface area contributed by atoms with E-state index in [2.05, 4.69) is 31.1 Å². The molecule has 1 aliphatic heterocycles. The van der Waals surface area contributed by atoms with Crippen LogP contribution in [0.2, 0.25) is 0 Å². The second-order valence-corrected chi connectivity index (χ2v) is 12.5. The van der Waals surface area contributed by atoms with Crippen molar-refractivity contribution >= 4 is 33.4 Å². The van der Waals surface area contributed by atoms with E-state index in [0.717, 1.165) is 30.4 Å². The summed E-state index contributed by atoms with van der Waals surface area (Å²) in [5.41, 5.74) is 2.23. The zero-order valence-corrected chi connectivity index (χ0v) is 23.2. The first kappa shape index (κ1) is 28.0. The van der Waals surface area contributed by atoms with Crippen molar-refractivity contribution in [2.24, 2.45) is 5.92 Å². The monoisotopic (exact) mass is 573 g/mol. The van der Waals surface area contributed by atoms with E-state index >= 15 is 4.39 Å². The Bertz CT molecular complexity index is 1470. The van der Waals surface area contributed by atoms with Gasteiger partial charge in [-0.1, -0.05) is 12.1 Å². The Balaban J connectivity index is 1.32. The second kappa shape index (κ2) is 11.5. The third-order valence-electron chi connectivity index (χ3n) is 7.39. The number of aromatic nitrogens is 3. The number of rotatable bonds is 10. The average Bonchev–Trinajstić information content (AvgIpc) is 3.67. The molecule has 5 rings (SSSR count). The van der Waals surface area contributed by atoms with Gasteiger partial charge in [-0.05, 0) is 56.4 Å². The number of amides is 1. The van der Waals surface area contributed by atoms with Gasteiger partial charge in [-0.3, -0.25) is 9.89 Å². The van der Waals surface area contributed by atoms with Crippen molar-refractivity contribution in [1.82, 2.24) is 24.8 Å². The van der Waals surface area contributed by atoms with Crippen molar-refractivity contribution in [3.8, 4) is 0 Å². The molecule has 2 aliphatic rings. The number of piperidine rings is 1. The molecule has 40 heavy (non-hydrogen) atoms. The fraction of sp³-hybridized carbons (Fsp3) is 0.444. The maximum Gasteiger partial charge on any atom is 0.223 e. The predicted molar refractivity (Wildman–Crippen MR) is 147 cm³/mol. The highest BCUT2D eigenvalue weighted by Gasteiger charge is 2.29. The first-order valence-electron chi connectivity index (χ1n) is 13.3. The number of anilines is 3. The highest BCUT2D eigenvalue weighted by atomic mass is 32.2. The molecule has 0 bridgehead atoms. The number of pyridine rings is 1. The summed E-state index contributed by atoms with van der Waals surface area (Å²) in [6.07, 6.45) is 4.18. The first-order valence-corrected chi connectivity index (χ1v) is 15.2. The predicted octanol–water partition coefficient (Wildman–Crippen LogP) is 4.16. The van der Waals surface area contributed by atoms with Gasteiger partial charge in [0.15, 0.2) is 17.5 Å². The summed E-state index contributed by atoms with van der Waals surface area (Å²) in [6.45, 7) is 2.46. The van der Waals surface area contributed by atoms with Crippen LogP contribution in [0.4, 0.5) is 26.2 Å². The second-order valence-electron chi connectivity index (χ2n) is 10.5. The number of nitrogens with zero attached hydrogens (tertiary/aromatic N) is 3. The lowest BCUT2D eigenvalue weighted by atomic mass is 9.97. The molecular weight excluding hydrogens is 540 g/mol. The van der Waals surface area contributed by atoms with E-state index in [1.165, 1.54) is 22.5 Å². The molecule has 1 aromatic carbocycles. The first-order chi connectivity index (χ1) is 19.1. The minimum atomic E-state index is -3.29. The average molecular weight is 574 g/mol. The van der Waals surface area contributed by atoms with Crippen LogP contribution < -0.4 is 16.0 Å². The van der Waals surface area contributed by atoms with Gasteiger partial charge in [0.25, 0.3) is 0 Å². The Kier molecular flexibility index (Phi) is 8.04. The van der Waals surface area contributed by atoms with Crippen molar-refractivity contribution < 1.29 is 22.0 Å². The molecule has 214 valence electrons. The van der Waals surface area contributed by atoms with Gasteiger partial charge in [0.2, 0.25) is 15.9 Å². The molecule has 2 fully saturated rings. The van der Waals surface area contributed by atoms with Crippen molar-refractivity contribution in [1.29, 1.82) is 0 Å². The van der Waals surface area contributed by atoms with Gasteiger partial charge < -0.3 is 16.0 Å². The fourth-order valence-corrected chi connectivity index (χ4v) is 5.69. The molecule has 1 unspecified atom stereocenters. The van der Waals surface area contributed by atoms with Crippen molar-refractivity contribution in [2.75, 3.05) is 30.0 Å². The number of hydrogen-bond acceptors (Lipinski definition) is 7. The number of carbonyl (C=O) groups is 1. The van der Waals surface area contributed by atoms with Crippen LogP contribution in [0.3, 0.4) is 0 Å². The molecule has 1 aliphatic carbocycles. The Labute approximate surface area is 232 Å². The number of H-pyrrole nitrogens is 1. The fourth-order valence-electron chi connectivity index (χ4n) is 4.82. The van der Waals surface area contributed by atoms with Gasteiger partial charge in [0.1, 0.15) is 11.6 Å². The molecule has 10 nitrogen and oxygen atoms in total. The zero-order chi connectivity index (χ0) is 28.4. The number of benzene rings is 1. The molecule has 2 aromatic heterocycles. The van der Waals surface area contributed by atoms with E-state index in [4.69, 9.17) is 0 Å². The highest BCUT2D eigenvalue weighted by Crippen LogP contribution is 2.39.